The normalized spacial score (nSPS) is 22.4. The summed E-state index contributed by atoms with van der Waals surface area (Å²) in [6.45, 7) is 4.93. The van der Waals surface area contributed by atoms with Crippen LogP contribution in [-0.2, 0) is 11.3 Å². The van der Waals surface area contributed by atoms with Gasteiger partial charge in [-0.1, -0.05) is 62.4 Å². The topological polar surface area (TPSA) is 45.5 Å². The van der Waals surface area contributed by atoms with Crippen molar-refractivity contribution in [2.75, 3.05) is 10.2 Å². The number of benzene rings is 2. The summed E-state index contributed by atoms with van der Waals surface area (Å²) >= 11 is 0. The van der Waals surface area contributed by atoms with E-state index in [0.717, 1.165) is 22.8 Å². The molecule has 0 amide bonds. The Labute approximate surface area is 177 Å². The summed E-state index contributed by atoms with van der Waals surface area (Å²) in [5.41, 5.74) is 4.08. The molecule has 2 atom stereocenters. The van der Waals surface area contributed by atoms with E-state index in [9.17, 15) is 4.79 Å². The molecule has 30 heavy (non-hydrogen) atoms. The Hall–Kier alpha value is -3.27. The smallest absolute Gasteiger partial charge is 0.145 e. The zero-order valence-electron chi connectivity index (χ0n) is 17.3. The summed E-state index contributed by atoms with van der Waals surface area (Å²) in [6, 6.07) is 22.4. The molecule has 0 unspecified atom stereocenters. The fourth-order valence-electron chi connectivity index (χ4n) is 4.81. The molecule has 1 N–H and O–H groups in total. The number of para-hydroxylation sites is 2. The van der Waals surface area contributed by atoms with Gasteiger partial charge in [0.25, 0.3) is 0 Å². The average molecular weight is 399 g/mol. The van der Waals surface area contributed by atoms with Crippen LogP contribution in [0.5, 0.6) is 0 Å². The number of nitrogens with one attached hydrogen (secondary N) is 1. The zero-order chi connectivity index (χ0) is 20.7. The second-order valence-corrected chi connectivity index (χ2v) is 8.92. The lowest BCUT2D eigenvalue weighted by molar-refractivity contribution is -0.124. The van der Waals surface area contributed by atoms with E-state index in [4.69, 9.17) is 4.42 Å². The van der Waals surface area contributed by atoms with Gasteiger partial charge in [-0.15, -0.1) is 0 Å². The Bertz CT molecular complexity index is 1080. The molecule has 0 bridgehead atoms. The third-order valence-electron chi connectivity index (χ3n) is 6.03. The Morgan fingerprint density at radius 2 is 1.80 bits per heavy atom. The number of rotatable bonds is 3. The molecule has 1 aliphatic carbocycles. The van der Waals surface area contributed by atoms with Gasteiger partial charge in [0.15, 0.2) is 0 Å². The molecule has 0 saturated carbocycles. The number of carbonyl (C=O) groups is 1. The predicted octanol–water partition coefficient (Wildman–Crippen LogP) is 5.95. The first-order chi connectivity index (χ1) is 14.5. The maximum absolute atomic E-state index is 13.5. The molecule has 2 aliphatic rings. The first-order valence-corrected chi connectivity index (χ1v) is 10.5. The van der Waals surface area contributed by atoms with Crippen molar-refractivity contribution in [3.8, 4) is 0 Å². The number of carbonyl (C=O) groups excluding carboxylic acids is 1. The van der Waals surface area contributed by atoms with Gasteiger partial charge in [-0.25, -0.2) is 0 Å². The monoisotopic (exact) mass is 398 g/mol. The van der Waals surface area contributed by atoms with Gasteiger partial charge < -0.3 is 14.6 Å². The van der Waals surface area contributed by atoms with Crippen LogP contribution in [-0.4, -0.2) is 5.78 Å². The van der Waals surface area contributed by atoms with E-state index >= 15 is 0 Å². The summed E-state index contributed by atoms with van der Waals surface area (Å²) in [7, 11) is 0. The van der Waals surface area contributed by atoms with Gasteiger partial charge >= 0.3 is 0 Å². The summed E-state index contributed by atoms with van der Waals surface area (Å²) in [6.07, 6.45) is 4.45. The molecule has 3 aromatic rings. The standard InChI is InChI=1S/C26H26N2O2/c1-26(2)15-20-24(22(29)16-26)25(23-13-8-14-30-23)28(17-18-9-4-3-5-10-18)21-12-7-6-11-19(21)27-20/h3-15,24-25,27H,16-17H2,1-2H3/t24-,25-/m0/s1. The lowest BCUT2D eigenvalue weighted by Crippen LogP contribution is -2.40. The lowest BCUT2D eigenvalue weighted by Gasteiger charge is -2.39. The van der Waals surface area contributed by atoms with Crippen molar-refractivity contribution in [2.24, 2.45) is 11.3 Å². The molecule has 152 valence electrons. The van der Waals surface area contributed by atoms with Gasteiger partial charge in [0.05, 0.1) is 23.6 Å². The number of ketones is 1. The first kappa shape index (κ1) is 18.7. The molecule has 0 fully saturated rings. The highest BCUT2D eigenvalue weighted by atomic mass is 16.3. The van der Waals surface area contributed by atoms with E-state index < -0.39 is 0 Å². The van der Waals surface area contributed by atoms with Crippen molar-refractivity contribution >= 4 is 17.2 Å². The lowest BCUT2D eigenvalue weighted by atomic mass is 9.73. The van der Waals surface area contributed by atoms with Crippen LogP contribution in [0.4, 0.5) is 11.4 Å². The molecule has 0 saturated heterocycles. The maximum atomic E-state index is 13.5. The Morgan fingerprint density at radius 3 is 2.57 bits per heavy atom. The van der Waals surface area contributed by atoms with E-state index in [1.807, 2.05) is 30.3 Å². The summed E-state index contributed by atoms with van der Waals surface area (Å²) < 4.78 is 5.91. The molecule has 4 heteroatoms. The van der Waals surface area contributed by atoms with E-state index in [0.29, 0.717) is 13.0 Å². The maximum Gasteiger partial charge on any atom is 0.145 e. The minimum atomic E-state index is -0.305. The second kappa shape index (κ2) is 7.21. The number of hydrogen-bond donors (Lipinski definition) is 1. The second-order valence-electron chi connectivity index (χ2n) is 8.92. The largest absolute Gasteiger partial charge is 0.467 e. The average Bonchev–Trinajstić information content (AvgIpc) is 3.20. The number of Topliss-reactive ketones (excluding diaryl/α,β-unsaturated/α-hetero) is 1. The van der Waals surface area contributed by atoms with Gasteiger partial charge in [-0.05, 0) is 35.2 Å². The van der Waals surface area contributed by atoms with Crippen LogP contribution in [0.2, 0.25) is 0 Å². The van der Waals surface area contributed by atoms with E-state index in [1.165, 1.54) is 5.56 Å². The van der Waals surface area contributed by atoms with Gasteiger partial charge in [0, 0.05) is 18.7 Å². The van der Waals surface area contributed by atoms with Crippen LogP contribution in [0.15, 0.2) is 89.2 Å². The molecule has 4 nitrogen and oxygen atoms in total. The highest BCUT2D eigenvalue weighted by molar-refractivity contribution is 5.90. The van der Waals surface area contributed by atoms with Crippen molar-refractivity contribution in [3.05, 3.63) is 96.1 Å². The Balaban J connectivity index is 1.72. The summed E-state index contributed by atoms with van der Waals surface area (Å²) in [5, 5.41) is 3.61. The number of furan rings is 1. The van der Waals surface area contributed by atoms with Gasteiger partial charge in [0.1, 0.15) is 17.6 Å². The number of allylic oxidation sites excluding steroid dienone is 1. The number of anilines is 2. The molecule has 0 radical (unpaired) electrons. The van der Waals surface area contributed by atoms with Crippen LogP contribution in [0, 0.1) is 11.3 Å². The van der Waals surface area contributed by atoms with Crippen LogP contribution < -0.4 is 10.2 Å². The fourth-order valence-corrected chi connectivity index (χ4v) is 4.81. The number of fused-ring (bicyclic) bond motifs is 2. The van der Waals surface area contributed by atoms with E-state index in [-0.39, 0.29) is 23.2 Å². The minimum Gasteiger partial charge on any atom is -0.467 e. The van der Waals surface area contributed by atoms with Gasteiger partial charge in [-0.2, -0.15) is 0 Å². The third kappa shape index (κ3) is 3.32. The third-order valence-corrected chi connectivity index (χ3v) is 6.03. The van der Waals surface area contributed by atoms with Crippen molar-refractivity contribution < 1.29 is 9.21 Å². The summed E-state index contributed by atoms with van der Waals surface area (Å²) in [5.74, 6) is 0.756. The number of nitrogens with zero attached hydrogens (tertiary/aromatic N) is 1. The number of hydrogen-bond acceptors (Lipinski definition) is 4. The molecular weight excluding hydrogens is 372 g/mol. The van der Waals surface area contributed by atoms with E-state index in [2.05, 4.69) is 66.5 Å². The van der Waals surface area contributed by atoms with Crippen LogP contribution in [0.3, 0.4) is 0 Å². The molecule has 5 rings (SSSR count). The highest BCUT2D eigenvalue weighted by Crippen LogP contribution is 2.48. The van der Waals surface area contributed by atoms with Crippen molar-refractivity contribution in [1.82, 2.24) is 0 Å². The van der Waals surface area contributed by atoms with Gasteiger partial charge in [0.2, 0.25) is 0 Å². The van der Waals surface area contributed by atoms with Gasteiger partial charge in [-0.3, -0.25) is 4.79 Å². The predicted molar refractivity (Wildman–Crippen MR) is 119 cm³/mol. The zero-order valence-corrected chi connectivity index (χ0v) is 17.3. The van der Waals surface area contributed by atoms with Crippen LogP contribution in [0.25, 0.3) is 0 Å². The van der Waals surface area contributed by atoms with Crippen molar-refractivity contribution in [1.29, 1.82) is 0 Å². The highest BCUT2D eigenvalue weighted by Gasteiger charge is 2.45. The molecular formula is C26H26N2O2. The first-order valence-electron chi connectivity index (χ1n) is 10.5. The molecule has 0 spiro atoms. The molecule has 1 aliphatic heterocycles. The molecule has 2 heterocycles. The van der Waals surface area contributed by atoms with Crippen molar-refractivity contribution in [3.63, 3.8) is 0 Å². The Kier molecular flexibility index (Phi) is 4.50. The molecule has 2 aromatic carbocycles. The minimum absolute atomic E-state index is 0.173. The fraction of sp³-hybridized carbons (Fsp3) is 0.269. The van der Waals surface area contributed by atoms with E-state index in [1.54, 1.807) is 6.26 Å². The SMILES string of the molecule is CC1(C)C=C2Nc3ccccc3N(Cc3ccccc3)[C@@H](c3ccco3)[C@@H]2C(=O)C1. The Morgan fingerprint density at radius 1 is 1.03 bits per heavy atom. The molecule has 1 aromatic heterocycles. The quantitative estimate of drug-likeness (QED) is 0.592. The van der Waals surface area contributed by atoms with Crippen LogP contribution in [0.1, 0.15) is 37.6 Å². The van der Waals surface area contributed by atoms with Crippen LogP contribution >= 0.6 is 0 Å². The summed E-state index contributed by atoms with van der Waals surface area (Å²) in [4.78, 5) is 15.8. The van der Waals surface area contributed by atoms with Crippen molar-refractivity contribution in [2.45, 2.75) is 32.9 Å².